The van der Waals surface area contributed by atoms with Gasteiger partial charge < -0.3 is 43.2 Å². The Balaban J connectivity index is 1.24. The molecule has 1 N–H and O–H groups in total. The number of carbonyl (C=O) groups excluding carboxylic acids is 1. The third kappa shape index (κ3) is 21.9. The number of anilines is 1. The minimum absolute atomic E-state index is 0.0205. The Bertz CT molecular complexity index is 3590. The molecule has 0 saturated carbocycles. The fourth-order valence-corrected chi connectivity index (χ4v) is 11.7. The van der Waals surface area contributed by atoms with Crippen molar-refractivity contribution >= 4 is 70.7 Å². The zero-order chi connectivity index (χ0) is 67.7. The number of nitriles is 2. The first-order valence-electron chi connectivity index (χ1n) is 32.0. The second-order valence-electron chi connectivity index (χ2n) is 22.0. The highest BCUT2D eigenvalue weighted by atomic mass is 32.1. The molecule has 1 unspecified atom stereocenters. The summed E-state index contributed by atoms with van der Waals surface area (Å²) in [5, 5.41) is 29.4. The van der Waals surface area contributed by atoms with E-state index in [9.17, 15) is 38.4 Å². The van der Waals surface area contributed by atoms with Gasteiger partial charge >= 0.3 is 24.0 Å². The summed E-state index contributed by atoms with van der Waals surface area (Å²) in [6, 6.07) is 22.0. The number of carboxylic acids is 1. The van der Waals surface area contributed by atoms with Crippen molar-refractivity contribution in [3.05, 3.63) is 167 Å². The number of thiophene rings is 2. The number of nitrogens with zero attached hydrogens (tertiary/aromatic N) is 4. The first-order valence-corrected chi connectivity index (χ1v) is 33.6. The number of carboxylic acid groups (broad SMARTS) is 1. The molecule has 94 heavy (non-hydrogen) atoms. The lowest BCUT2D eigenvalue weighted by Crippen LogP contribution is -2.26. The molecule has 5 aromatic rings. The van der Waals surface area contributed by atoms with E-state index >= 15 is 0 Å². The van der Waals surface area contributed by atoms with Gasteiger partial charge in [-0.25, -0.2) is 24.2 Å². The number of ether oxygens (including phenoxy) is 7. The number of unbranched alkanes of at least 4 members (excludes halogenated alkanes) is 7. The number of halogens is 3. The molecule has 0 radical (unpaired) electrons. The highest BCUT2D eigenvalue weighted by Crippen LogP contribution is 2.50. The monoisotopic (exact) mass is 1330 g/mol. The minimum atomic E-state index is -2.57. The van der Waals surface area contributed by atoms with Gasteiger partial charge in [0.1, 0.15) is 30.1 Å². The molecule has 0 fully saturated rings. The lowest BCUT2D eigenvalue weighted by Gasteiger charge is -2.27. The summed E-state index contributed by atoms with van der Waals surface area (Å²) in [5.41, 5.74) is 1.60. The maximum Gasteiger partial charge on any atom is 0.344 e. The Kier molecular flexibility index (Phi) is 31.4. The molecule has 2 aromatic heterocycles. The standard InChI is InChI=1S/C73H83F3N4O12S2/c1-8-13-42-84-65-59(36-30-51-26-31-54(32-27-51)80(12-5)41-21-17-18-22-46-88-72(83)57-25-20-19-24-56(57)71(81)82)93-61(67(65)86-44-15-10-3)38-39-62-68(87-45-16-11-4)66(85-43-14-9-2)60(94-62)37-35-58-63(79-7)64(53(48-77)49-78)92-73(58,6)40-23-47-89-90-50-52-28-33-55(34-29-52)91-70(76)69(74)75/h19-20,24-39H,8-18,21-23,40-47,50H2,1-6H3,(H,81,82)/b36-30+,37-35+,39-38+. The summed E-state index contributed by atoms with van der Waals surface area (Å²) >= 11 is 3.01. The molecule has 1 aliphatic heterocycles. The smallest absolute Gasteiger partial charge is 0.344 e. The Morgan fingerprint density at radius 2 is 1.16 bits per heavy atom. The SMILES string of the molecule is [C-]#[N+]C1=C(/C=C/c2sc(/C=C/c3sc(/C=C/c4ccc(N(CC)CCCCCCOC(=O)c5ccccc5C(=O)O)cc4)c(OCCCC)c3OCCCC)c(OCCCC)c2OCCCC)C(C)(CCCOOCc2ccc(OC(F)=C(F)F)cc2)OC1=C(C#N)C#N. The summed E-state index contributed by atoms with van der Waals surface area (Å²) in [6.45, 7) is 24.4. The molecule has 1 atom stereocenters. The summed E-state index contributed by atoms with van der Waals surface area (Å²) < 4.78 is 81.1. The van der Waals surface area contributed by atoms with Gasteiger partial charge in [0.2, 0.25) is 5.70 Å². The first kappa shape index (κ1) is 74.3. The van der Waals surface area contributed by atoms with Crippen molar-refractivity contribution in [2.24, 2.45) is 0 Å². The van der Waals surface area contributed by atoms with Crippen LogP contribution in [0.5, 0.6) is 28.7 Å². The molecular formula is C73H83F3N4O12S2. The number of hydrogen-bond donors (Lipinski definition) is 1. The maximum absolute atomic E-state index is 13.3. The summed E-state index contributed by atoms with van der Waals surface area (Å²) in [4.78, 5) is 44.4. The van der Waals surface area contributed by atoms with Crippen LogP contribution in [0.3, 0.4) is 0 Å². The summed E-state index contributed by atoms with van der Waals surface area (Å²) in [5.74, 6) is 0.401. The van der Waals surface area contributed by atoms with Crippen LogP contribution in [0.25, 0.3) is 35.2 Å². The Morgan fingerprint density at radius 1 is 0.638 bits per heavy atom. The van der Waals surface area contributed by atoms with Gasteiger partial charge in [0.15, 0.2) is 34.3 Å². The van der Waals surface area contributed by atoms with Gasteiger partial charge in [-0.3, -0.25) is 0 Å². The fourth-order valence-electron chi connectivity index (χ4n) is 9.71. The molecule has 0 aliphatic carbocycles. The number of rotatable bonds is 42. The summed E-state index contributed by atoms with van der Waals surface area (Å²) in [6.07, 6.45) is 20.3. The average molecular weight is 1330 g/mol. The van der Waals surface area contributed by atoms with E-state index in [0.717, 1.165) is 110 Å². The van der Waals surface area contributed by atoms with Crippen LogP contribution in [0, 0.1) is 29.2 Å². The first-order chi connectivity index (χ1) is 45.7. The predicted molar refractivity (Wildman–Crippen MR) is 362 cm³/mol. The lowest BCUT2D eigenvalue weighted by molar-refractivity contribution is -0.304. The second kappa shape index (κ2) is 39.7. The van der Waals surface area contributed by atoms with Gasteiger partial charge in [0, 0.05) is 24.4 Å². The molecule has 0 saturated heterocycles. The van der Waals surface area contributed by atoms with Crippen molar-refractivity contribution in [3.63, 3.8) is 0 Å². The largest absolute Gasteiger partial charge is 0.493 e. The van der Waals surface area contributed by atoms with E-state index in [1.165, 1.54) is 47.7 Å². The number of hydrogen-bond acceptors (Lipinski definition) is 16. The highest BCUT2D eigenvalue weighted by molar-refractivity contribution is 7.15. The van der Waals surface area contributed by atoms with Crippen LogP contribution < -0.4 is 28.6 Å². The van der Waals surface area contributed by atoms with Gasteiger partial charge in [-0.05, 0) is 143 Å². The zero-order valence-electron chi connectivity index (χ0n) is 54.3. The zero-order valence-corrected chi connectivity index (χ0v) is 56.0. The molecule has 21 heteroatoms. The van der Waals surface area contributed by atoms with Gasteiger partial charge in [0.25, 0.3) is 0 Å². The van der Waals surface area contributed by atoms with Crippen LogP contribution >= 0.6 is 22.7 Å². The minimum Gasteiger partial charge on any atom is -0.493 e. The average Bonchev–Trinajstić information content (AvgIpc) is 1.62. The Hall–Kier alpha value is -8.78. The third-order valence-corrected chi connectivity index (χ3v) is 17.1. The van der Waals surface area contributed by atoms with Crippen LogP contribution in [-0.4, -0.2) is 75.4 Å². The molecule has 500 valence electrons. The summed E-state index contributed by atoms with van der Waals surface area (Å²) in [7, 11) is 0. The van der Waals surface area contributed by atoms with Crippen molar-refractivity contribution < 1.29 is 70.8 Å². The molecule has 1 aliphatic rings. The number of benzene rings is 3. The van der Waals surface area contributed by atoms with Crippen molar-refractivity contribution in [1.29, 1.82) is 10.5 Å². The van der Waals surface area contributed by atoms with E-state index < -0.39 is 29.6 Å². The normalized spacial score (nSPS) is 13.6. The number of aromatic carboxylic acids is 1. The number of allylic oxidation sites excluding steroid dienone is 1. The van der Waals surface area contributed by atoms with Gasteiger partial charge in [-0.2, -0.15) is 23.7 Å². The van der Waals surface area contributed by atoms with Gasteiger partial charge in [0.05, 0.1) is 76.8 Å². The van der Waals surface area contributed by atoms with E-state index in [1.54, 1.807) is 36.5 Å². The number of carbonyl (C=O) groups is 2. The maximum atomic E-state index is 13.3. The topological polar surface area (TPSA) is 193 Å². The molecular weight excluding hydrogens is 1250 g/mol. The van der Waals surface area contributed by atoms with Crippen LogP contribution in [0.15, 0.2) is 114 Å². The van der Waals surface area contributed by atoms with Crippen LogP contribution in [0.2, 0.25) is 0 Å². The highest BCUT2D eigenvalue weighted by Gasteiger charge is 2.42. The third-order valence-electron chi connectivity index (χ3n) is 14.9. The fraction of sp³-hybridized carbons (Fsp3) is 0.411. The van der Waals surface area contributed by atoms with Crippen LogP contribution in [0.1, 0.15) is 183 Å². The van der Waals surface area contributed by atoms with Crippen molar-refractivity contribution in [3.8, 4) is 40.9 Å². The van der Waals surface area contributed by atoms with E-state index in [0.29, 0.717) is 78.3 Å². The lowest BCUT2D eigenvalue weighted by atomic mass is 9.90. The van der Waals surface area contributed by atoms with Crippen LogP contribution in [0.4, 0.5) is 18.9 Å². The van der Waals surface area contributed by atoms with Gasteiger partial charge in [-0.1, -0.05) is 108 Å². The Morgan fingerprint density at radius 3 is 1.66 bits per heavy atom. The quantitative estimate of drug-likeness (QED) is 0.00737. The molecule has 3 heterocycles. The molecule has 0 amide bonds. The van der Waals surface area contributed by atoms with Crippen molar-refractivity contribution in [2.45, 2.75) is 144 Å². The van der Waals surface area contributed by atoms with Crippen molar-refractivity contribution in [1.82, 2.24) is 0 Å². The van der Waals surface area contributed by atoms with E-state index in [2.05, 4.69) is 85.5 Å². The molecule has 0 spiro atoms. The molecule has 0 bridgehead atoms. The number of esters is 1. The Labute approximate surface area is 558 Å². The molecule has 16 nitrogen and oxygen atoms in total. The predicted octanol–water partition coefficient (Wildman–Crippen LogP) is 19.4. The van der Waals surface area contributed by atoms with Crippen LogP contribution in [-0.2, 0) is 25.9 Å². The van der Waals surface area contributed by atoms with E-state index in [-0.39, 0.29) is 60.1 Å². The molecule has 3 aromatic carbocycles. The van der Waals surface area contributed by atoms with Gasteiger partial charge in [-0.15, -0.1) is 22.7 Å². The van der Waals surface area contributed by atoms with E-state index in [1.807, 2.05) is 30.4 Å². The van der Waals surface area contributed by atoms with E-state index in [4.69, 9.17) is 44.8 Å². The molecule has 6 rings (SSSR count). The second-order valence-corrected chi connectivity index (χ2v) is 24.1. The van der Waals surface area contributed by atoms with Crippen molar-refractivity contribution in [2.75, 3.05) is 57.6 Å².